The van der Waals surface area contributed by atoms with Crippen molar-refractivity contribution < 1.29 is 18.0 Å². The van der Waals surface area contributed by atoms with E-state index in [-0.39, 0.29) is 5.78 Å². The van der Waals surface area contributed by atoms with E-state index in [0.29, 0.717) is 0 Å². The van der Waals surface area contributed by atoms with Gasteiger partial charge in [0.1, 0.15) is 5.03 Å². The van der Waals surface area contributed by atoms with Gasteiger partial charge in [0.25, 0.3) is 0 Å². The largest absolute Gasteiger partial charge is 0.426 e. The Bertz CT molecular complexity index is 942. The van der Waals surface area contributed by atoms with E-state index in [1.54, 1.807) is 19.9 Å². The fourth-order valence-corrected chi connectivity index (χ4v) is 3.84. The van der Waals surface area contributed by atoms with Crippen LogP contribution in [0.3, 0.4) is 0 Å². The SMILES string of the molecule is CC1(C)C(/C=C(\Cl)C(F)(F)F)C1C(=O)/C=C/c1cccc(Cc2ccccc2)c1. The van der Waals surface area contributed by atoms with Crippen LogP contribution in [0.4, 0.5) is 13.2 Å². The maximum absolute atomic E-state index is 12.7. The molecule has 0 radical (unpaired) electrons. The highest BCUT2D eigenvalue weighted by molar-refractivity contribution is 6.30. The minimum Gasteiger partial charge on any atom is -0.295 e. The lowest BCUT2D eigenvalue weighted by Gasteiger charge is -2.04. The first-order valence-electron chi connectivity index (χ1n) is 9.38. The Morgan fingerprint density at radius 1 is 1.07 bits per heavy atom. The molecule has 0 aliphatic heterocycles. The molecule has 1 nitrogen and oxygen atoms in total. The molecule has 152 valence electrons. The monoisotopic (exact) mass is 418 g/mol. The summed E-state index contributed by atoms with van der Waals surface area (Å²) in [5, 5.41) is -1.16. The van der Waals surface area contributed by atoms with E-state index in [4.69, 9.17) is 11.6 Å². The molecule has 0 aromatic heterocycles. The van der Waals surface area contributed by atoms with E-state index in [2.05, 4.69) is 12.1 Å². The smallest absolute Gasteiger partial charge is 0.295 e. The minimum atomic E-state index is -4.58. The molecule has 0 N–H and O–H groups in total. The number of alkyl halides is 3. The van der Waals surface area contributed by atoms with Gasteiger partial charge in [-0.3, -0.25) is 4.79 Å². The molecule has 0 spiro atoms. The van der Waals surface area contributed by atoms with Crippen molar-refractivity contribution in [2.75, 3.05) is 0 Å². The molecule has 29 heavy (non-hydrogen) atoms. The van der Waals surface area contributed by atoms with Gasteiger partial charge in [0.2, 0.25) is 0 Å². The summed E-state index contributed by atoms with van der Waals surface area (Å²) >= 11 is 5.35. The summed E-state index contributed by atoms with van der Waals surface area (Å²) in [4.78, 5) is 12.6. The summed E-state index contributed by atoms with van der Waals surface area (Å²) in [5.74, 6) is -1.20. The number of carbonyl (C=O) groups excluding carboxylic acids is 1. The molecule has 3 rings (SSSR count). The second kappa shape index (κ2) is 8.19. The van der Waals surface area contributed by atoms with Crippen LogP contribution in [0.5, 0.6) is 0 Å². The van der Waals surface area contributed by atoms with Crippen molar-refractivity contribution in [2.24, 2.45) is 17.3 Å². The zero-order valence-corrected chi connectivity index (χ0v) is 17.0. The third-order valence-electron chi connectivity index (χ3n) is 5.46. The predicted molar refractivity (Wildman–Crippen MR) is 110 cm³/mol. The van der Waals surface area contributed by atoms with E-state index in [1.165, 1.54) is 11.6 Å². The van der Waals surface area contributed by atoms with Gasteiger partial charge in [-0.2, -0.15) is 13.2 Å². The number of benzene rings is 2. The van der Waals surface area contributed by atoms with Crippen LogP contribution in [-0.4, -0.2) is 12.0 Å². The zero-order chi connectivity index (χ0) is 21.2. The topological polar surface area (TPSA) is 17.1 Å². The van der Waals surface area contributed by atoms with Gasteiger partial charge in [0.15, 0.2) is 5.78 Å². The lowest BCUT2D eigenvalue weighted by atomic mass is 10.0. The van der Waals surface area contributed by atoms with Crippen molar-refractivity contribution in [1.82, 2.24) is 0 Å². The molecule has 2 atom stereocenters. The van der Waals surface area contributed by atoms with Crippen molar-refractivity contribution in [1.29, 1.82) is 0 Å². The molecule has 1 aliphatic carbocycles. The molecular weight excluding hydrogens is 397 g/mol. The standard InChI is InChI=1S/C24H22ClF3O/c1-23(2)19(15-21(25)24(26,27)28)22(23)20(29)12-11-17-9-6-10-18(14-17)13-16-7-4-3-5-8-16/h3-12,14-15,19,22H,13H2,1-2H3/b12-11+,21-15-. The summed E-state index contributed by atoms with van der Waals surface area (Å²) in [7, 11) is 0. The zero-order valence-electron chi connectivity index (χ0n) is 16.2. The average molecular weight is 419 g/mol. The van der Waals surface area contributed by atoms with Gasteiger partial charge in [-0.1, -0.05) is 92.2 Å². The van der Waals surface area contributed by atoms with Crippen molar-refractivity contribution in [3.8, 4) is 0 Å². The highest BCUT2D eigenvalue weighted by Gasteiger charge is 2.60. The minimum absolute atomic E-state index is 0.184. The molecule has 2 aromatic rings. The molecule has 0 heterocycles. The average Bonchev–Trinajstić information content (AvgIpc) is 3.20. The Kier molecular flexibility index (Phi) is 6.04. The second-order valence-electron chi connectivity index (χ2n) is 7.98. The van der Waals surface area contributed by atoms with Gasteiger partial charge in [0, 0.05) is 5.92 Å². The third-order valence-corrected chi connectivity index (χ3v) is 5.80. The molecule has 0 amide bonds. The summed E-state index contributed by atoms with van der Waals surface area (Å²) in [6.45, 7) is 3.57. The molecule has 1 saturated carbocycles. The highest BCUT2D eigenvalue weighted by Crippen LogP contribution is 2.60. The van der Waals surface area contributed by atoms with Crippen LogP contribution in [0.25, 0.3) is 6.08 Å². The van der Waals surface area contributed by atoms with Crippen LogP contribution >= 0.6 is 11.6 Å². The fourth-order valence-electron chi connectivity index (χ4n) is 3.70. The summed E-state index contributed by atoms with van der Waals surface area (Å²) in [6, 6.07) is 17.9. The maximum atomic E-state index is 12.7. The van der Waals surface area contributed by atoms with E-state index < -0.39 is 28.5 Å². The summed E-state index contributed by atoms with van der Waals surface area (Å²) < 4.78 is 38.0. The first kappa shape index (κ1) is 21.4. The molecular formula is C24H22ClF3O. The number of carbonyl (C=O) groups is 1. The van der Waals surface area contributed by atoms with Crippen LogP contribution in [-0.2, 0) is 11.2 Å². The van der Waals surface area contributed by atoms with E-state index >= 15 is 0 Å². The first-order valence-corrected chi connectivity index (χ1v) is 9.76. The van der Waals surface area contributed by atoms with Crippen molar-refractivity contribution in [2.45, 2.75) is 26.4 Å². The number of rotatable bonds is 6. The molecule has 1 aliphatic rings. The van der Waals surface area contributed by atoms with Crippen LogP contribution < -0.4 is 0 Å². The molecule has 2 aromatic carbocycles. The molecule has 1 fully saturated rings. The molecule has 0 saturated heterocycles. The lowest BCUT2D eigenvalue weighted by molar-refractivity contribution is -0.116. The van der Waals surface area contributed by atoms with Crippen LogP contribution in [0.1, 0.15) is 30.5 Å². The Hall–Kier alpha value is -2.33. The van der Waals surface area contributed by atoms with E-state index in [1.807, 2.05) is 42.5 Å². The number of ketones is 1. The summed E-state index contributed by atoms with van der Waals surface area (Å²) in [5.41, 5.74) is 2.66. The Morgan fingerprint density at radius 3 is 2.38 bits per heavy atom. The highest BCUT2D eigenvalue weighted by atomic mass is 35.5. The van der Waals surface area contributed by atoms with Crippen LogP contribution in [0.2, 0.25) is 0 Å². The maximum Gasteiger partial charge on any atom is 0.426 e. The van der Waals surface area contributed by atoms with Gasteiger partial charge in [-0.25, -0.2) is 0 Å². The van der Waals surface area contributed by atoms with Crippen molar-refractivity contribution in [3.63, 3.8) is 0 Å². The predicted octanol–water partition coefficient (Wildman–Crippen LogP) is 6.82. The van der Waals surface area contributed by atoms with Crippen LogP contribution in [0.15, 0.2) is 71.8 Å². The third kappa shape index (κ3) is 5.18. The summed E-state index contributed by atoms with van der Waals surface area (Å²) in [6.07, 6.45) is 0.358. The number of hydrogen-bond acceptors (Lipinski definition) is 1. The van der Waals surface area contributed by atoms with Gasteiger partial charge in [-0.05, 0) is 40.5 Å². The first-order chi connectivity index (χ1) is 13.6. The Balaban J connectivity index is 1.69. The normalized spacial score (nSPS) is 21.4. The quantitative estimate of drug-likeness (QED) is 0.470. The molecule has 5 heteroatoms. The van der Waals surface area contributed by atoms with E-state index in [0.717, 1.165) is 23.6 Å². The van der Waals surface area contributed by atoms with Crippen molar-refractivity contribution in [3.05, 3.63) is 88.5 Å². The lowest BCUT2D eigenvalue weighted by Crippen LogP contribution is -2.07. The van der Waals surface area contributed by atoms with Crippen molar-refractivity contribution >= 4 is 23.5 Å². The van der Waals surface area contributed by atoms with Gasteiger partial charge in [-0.15, -0.1) is 0 Å². The fraction of sp³-hybridized carbons (Fsp3) is 0.292. The van der Waals surface area contributed by atoms with Gasteiger partial charge in [0.05, 0.1) is 0 Å². The molecule has 0 bridgehead atoms. The molecule has 2 unspecified atom stereocenters. The second-order valence-corrected chi connectivity index (χ2v) is 8.39. The van der Waals surface area contributed by atoms with Gasteiger partial charge < -0.3 is 0 Å². The Morgan fingerprint density at radius 2 is 1.72 bits per heavy atom. The Labute approximate surface area is 173 Å². The van der Waals surface area contributed by atoms with Crippen LogP contribution in [0, 0.1) is 17.3 Å². The number of halogens is 4. The number of hydrogen-bond donors (Lipinski definition) is 0. The number of allylic oxidation sites excluding steroid dienone is 3. The van der Waals surface area contributed by atoms with Gasteiger partial charge >= 0.3 is 6.18 Å². The van der Waals surface area contributed by atoms with E-state index in [9.17, 15) is 18.0 Å².